The largest absolute Gasteiger partial charge is 0.394 e. The number of aliphatic hydroxyl groups excluding tert-OH is 17. The van der Waals surface area contributed by atoms with Crippen LogP contribution < -0.4 is 0 Å². The molecule has 9 rings (SSSR count). The first-order valence-corrected chi connectivity index (χ1v) is 31.2. The molecule has 0 amide bonds. The van der Waals surface area contributed by atoms with Gasteiger partial charge in [0, 0.05) is 0 Å². The summed E-state index contributed by atoms with van der Waals surface area (Å²) in [6.07, 6.45) is -31.7. The average Bonchev–Trinajstić information content (AvgIpc) is 1.26. The Hall–Kier alpha value is -1.30. The second-order valence-corrected chi connectivity index (χ2v) is 28.5. The lowest BCUT2D eigenvalue weighted by Gasteiger charge is -2.71. The zero-order chi connectivity index (χ0) is 63.1. The van der Waals surface area contributed by atoms with Crippen molar-refractivity contribution in [1.29, 1.82) is 0 Å². The summed E-state index contributed by atoms with van der Waals surface area (Å²) >= 11 is 0. The van der Waals surface area contributed by atoms with Gasteiger partial charge in [-0.25, -0.2) is 0 Å². The topological polar surface area (TPSA) is 427 Å². The van der Waals surface area contributed by atoms with Gasteiger partial charge in [-0.3, -0.25) is 0 Å². The first-order valence-electron chi connectivity index (χ1n) is 31.2. The maximum absolute atomic E-state index is 12.9. The van der Waals surface area contributed by atoms with Gasteiger partial charge in [0.15, 0.2) is 25.2 Å². The van der Waals surface area contributed by atoms with E-state index in [1.54, 1.807) is 0 Å². The molecule has 0 spiro atoms. The van der Waals surface area contributed by atoms with Gasteiger partial charge in [-0.2, -0.15) is 0 Å². The summed E-state index contributed by atoms with van der Waals surface area (Å²) < 4.78 is 56.0. The molecule has 34 atom stereocenters. The molecule has 4 saturated heterocycles. The molecule has 86 heavy (non-hydrogen) atoms. The summed E-state index contributed by atoms with van der Waals surface area (Å²) in [6.45, 7) is 14.4. The van der Waals surface area contributed by atoms with Crippen molar-refractivity contribution in [3.8, 4) is 0 Å². The van der Waals surface area contributed by atoms with Gasteiger partial charge in [0.05, 0.1) is 56.4 Å². The predicted molar refractivity (Wildman–Crippen MR) is 296 cm³/mol. The Balaban J connectivity index is 0.933. The summed E-state index contributed by atoms with van der Waals surface area (Å²) in [7, 11) is 0. The number of fused-ring (bicyclic) bond motifs is 5. The van der Waals surface area contributed by atoms with Gasteiger partial charge in [0.2, 0.25) is 0 Å². The molecule has 9 fully saturated rings. The minimum Gasteiger partial charge on any atom is -0.394 e. The SMILES string of the molecule is CC(C)=CCCC(C)(OC1OC(COC2OC(CO)C(O)C(O)C2O)C(O)C(O)C1O)C1CCC2(C)C1C(O)CC1C3(C)CCC(OC4OC(CO)C(O)C(O)C4OC4OC(CO)C(O)C(O)C4OC4CCC(O)C(O)C4O)C(C)(C)C3CCC12C. The highest BCUT2D eigenvalue weighted by atomic mass is 16.8. The number of allylic oxidation sites excluding steroid dienone is 2. The average molecular weight is 1240 g/mol. The molecule has 498 valence electrons. The van der Waals surface area contributed by atoms with E-state index in [1.165, 1.54) is 0 Å². The molecule has 5 saturated carbocycles. The van der Waals surface area contributed by atoms with E-state index in [2.05, 4.69) is 40.7 Å². The van der Waals surface area contributed by atoms with Crippen LogP contribution >= 0.6 is 0 Å². The van der Waals surface area contributed by atoms with Crippen molar-refractivity contribution in [1.82, 2.24) is 0 Å². The Kier molecular flexibility index (Phi) is 21.4. The van der Waals surface area contributed by atoms with Gasteiger partial charge in [-0.05, 0) is 137 Å². The number of rotatable bonds is 18. The van der Waals surface area contributed by atoms with Crippen molar-refractivity contribution in [3.05, 3.63) is 11.6 Å². The molecule has 26 heteroatoms. The Labute approximate surface area is 502 Å². The summed E-state index contributed by atoms with van der Waals surface area (Å²) in [5.41, 5.74) is -1.81. The van der Waals surface area contributed by atoms with Crippen molar-refractivity contribution < 1.29 is 129 Å². The third-order valence-electron chi connectivity index (χ3n) is 23.1. The summed E-state index contributed by atoms with van der Waals surface area (Å²) in [5.74, 6) is -0.619. The molecule has 0 aromatic carbocycles. The third kappa shape index (κ3) is 12.3. The standard InChI is InChI=1S/C60H102O26/c1-25(2)10-9-16-60(8,86-53-49(77)45(73)43(71)33(83-53)24-78-52-48(76)44(72)40(68)30(21-61)80-52)26-13-18-59(7)37(26)28(65)20-35-57(5)17-15-36(56(3,4)34(57)14-19-58(35,59)6)84-54-51(47(75)42(70)31(22-62)81-54)85-55-50(46(74)41(69)32(23-63)82-55)79-29-12-11-27(64)38(66)39(29)67/h10,26-55,61-77H,9,11-24H2,1-8H3. The molecular weight excluding hydrogens is 1140 g/mol. The minimum absolute atomic E-state index is 0.00199. The molecule has 4 aliphatic heterocycles. The van der Waals surface area contributed by atoms with Gasteiger partial charge < -0.3 is 129 Å². The normalized spacial score (nSPS) is 52.9. The smallest absolute Gasteiger partial charge is 0.187 e. The molecule has 4 heterocycles. The summed E-state index contributed by atoms with van der Waals surface area (Å²) in [5, 5.41) is 186. The molecule has 17 N–H and O–H groups in total. The van der Waals surface area contributed by atoms with Crippen LogP contribution in [-0.4, -0.2) is 278 Å². The first-order chi connectivity index (χ1) is 40.3. The molecular formula is C60H102O26. The minimum atomic E-state index is -1.81. The van der Waals surface area contributed by atoms with Crippen LogP contribution in [0, 0.1) is 45.3 Å². The Morgan fingerprint density at radius 1 is 0.500 bits per heavy atom. The molecule has 5 aliphatic carbocycles. The molecule has 0 bridgehead atoms. The predicted octanol–water partition coefficient (Wildman–Crippen LogP) is -2.93. The van der Waals surface area contributed by atoms with Crippen LogP contribution in [0.15, 0.2) is 11.6 Å². The van der Waals surface area contributed by atoms with E-state index in [4.69, 9.17) is 42.6 Å². The number of ether oxygens (including phenoxy) is 9. The van der Waals surface area contributed by atoms with Crippen molar-refractivity contribution in [3.63, 3.8) is 0 Å². The van der Waals surface area contributed by atoms with Gasteiger partial charge in [0.1, 0.15) is 110 Å². The third-order valence-corrected chi connectivity index (χ3v) is 23.1. The van der Waals surface area contributed by atoms with Crippen LogP contribution in [0.4, 0.5) is 0 Å². The molecule has 0 aromatic heterocycles. The van der Waals surface area contributed by atoms with Gasteiger partial charge in [0.25, 0.3) is 0 Å². The van der Waals surface area contributed by atoms with Crippen LogP contribution in [0.3, 0.4) is 0 Å². The molecule has 0 aromatic rings. The van der Waals surface area contributed by atoms with E-state index in [0.717, 1.165) is 24.8 Å². The van der Waals surface area contributed by atoms with Gasteiger partial charge in [-0.15, -0.1) is 0 Å². The lowest BCUT2D eigenvalue weighted by molar-refractivity contribution is -0.385. The van der Waals surface area contributed by atoms with Crippen LogP contribution in [0.5, 0.6) is 0 Å². The monoisotopic (exact) mass is 1240 g/mol. The zero-order valence-electron chi connectivity index (χ0n) is 50.8. The fourth-order valence-electron chi connectivity index (χ4n) is 17.9. The van der Waals surface area contributed by atoms with E-state index in [0.29, 0.717) is 38.5 Å². The highest BCUT2D eigenvalue weighted by Gasteiger charge is 2.72. The Morgan fingerprint density at radius 3 is 1.62 bits per heavy atom. The van der Waals surface area contributed by atoms with Crippen molar-refractivity contribution in [2.45, 2.75) is 291 Å². The zero-order valence-corrected chi connectivity index (χ0v) is 50.8. The lowest BCUT2D eigenvalue weighted by Crippen LogP contribution is -2.68. The lowest BCUT2D eigenvalue weighted by atomic mass is 9.35. The Bertz CT molecular complexity index is 2260. The van der Waals surface area contributed by atoms with E-state index in [1.807, 2.05) is 20.8 Å². The highest BCUT2D eigenvalue weighted by molar-refractivity contribution is 5.21. The van der Waals surface area contributed by atoms with Crippen LogP contribution in [0.2, 0.25) is 0 Å². The molecule has 0 radical (unpaired) electrons. The van der Waals surface area contributed by atoms with Crippen LogP contribution in [-0.2, 0) is 42.6 Å². The molecule has 26 nitrogen and oxygen atoms in total. The number of hydrogen-bond acceptors (Lipinski definition) is 26. The van der Waals surface area contributed by atoms with E-state index < -0.39 is 202 Å². The Morgan fingerprint density at radius 2 is 1.02 bits per heavy atom. The van der Waals surface area contributed by atoms with E-state index in [-0.39, 0.29) is 47.3 Å². The highest BCUT2D eigenvalue weighted by Crippen LogP contribution is 2.76. The summed E-state index contributed by atoms with van der Waals surface area (Å²) in [4.78, 5) is 0. The van der Waals surface area contributed by atoms with Crippen molar-refractivity contribution >= 4 is 0 Å². The van der Waals surface area contributed by atoms with Gasteiger partial charge in [-0.1, -0.05) is 46.3 Å². The first kappa shape index (κ1) is 69.1. The molecule has 9 aliphatic rings. The van der Waals surface area contributed by atoms with Crippen LogP contribution in [0.1, 0.15) is 126 Å². The fraction of sp³-hybridized carbons (Fsp3) is 0.967. The van der Waals surface area contributed by atoms with Crippen molar-refractivity contribution in [2.24, 2.45) is 45.3 Å². The summed E-state index contributed by atoms with van der Waals surface area (Å²) in [6, 6.07) is 0. The second kappa shape index (κ2) is 26.6. The van der Waals surface area contributed by atoms with E-state index in [9.17, 15) is 86.8 Å². The quantitative estimate of drug-likeness (QED) is 0.0482. The maximum Gasteiger partial charge on any atom is 0.187 e. The van der Waals surface area contributed by atoms with Gasteiger partial charge >= 0.3 is 0 Å². The second-order valence-electron chi connectivity index (χ2n) is 28.5. The molecule has 34 unspecified atom stereocenters. The van der Waals surface area contributed by atoms with Crippen molar-refractivity contribution in [2.75, 3.05) is 26.4 Å². The number of aliphatic hydroxyl groups is 17. The van der Waals surface area contributed by atoms with E-state index >= 15 is 0 Å². The fourth-order valence-corrected chi connectivity index (χ4v) is 17.9. The maximum atomic E-state index is 12.9. The van der Waals surface area contributed by atoms with Crippen LogP contribution in [0.25, 0.3) is 0 Å². The number of hydrogen-bond donors (Lipinski definition) is 17.